The molecule has 0 bridgehead atoms. The third-order valence-corrected chi connectivity index (χ3v) is 6.03. The molecule has 118 valence electrons. The zero-order chi connectivity index (χ0) is 16.4. The summed E-state index contributed by atoms with van der Waals surface area (Å²) < 4.78 is 26.5. The highest BCUT2D eigenvalue weighted by Crippen LogP contribution is 2.33. The van der Waals surface area contributed by atoms with Gasteiger partial charge in [-0.15, -0.1) is 0 Å². The first-order chi connectivity index (χ1) is 9.64. The van der Waals surface area contributed by atoms with Crippen molar-refractivity contribution < 1.29 is 13.3 Å². The number of benzene rings is 1. The minimum absolute atomic E-state index is 0.0388. The Labute approximate surface area is 133 Å². The molecular formula is C13H19BrN2O4S. The Morgan fingerprint density at radius 3 is 2.33 bits per heavy atom. The molecule has 1 aromatic rings. The minimum Gasteiger partial charge on any atom is -0.258 e. The Bertz CT molecular complexity index is 659. The lowest BCUT2D eigenvalue weighted by atomic mass is 10.1. The van der Waals surface area contributed by atoms with Gasteiger partial charge in [0.2, 0.25) is 10.0 Å². The monoisotopic (exact) mass is 378 g/mol. The molecule has 0 unspecified atom stereocenters. The summed E-state index contributed by atoms with van der Waals surface area (Å²) in [5, 5.41) is 11.9. The third kappa shape index (κ3) is 3.61. The quantitative estimate of drug-likeness (QED) is 0.432. The molecule has 0 radical (unpaired) electrons. The van der Waals surface area contributed by atoms with E-state index in [0.717, 1.165) is 0 Å². The lowest BCUT2D eigenvalue weighted by Crippen LogP contribution is -2.29. The van der Waals surface area contributed by atoms with Crippen LogP contribution in [0.5, 0.6) is 0 Å². The first-order valence-electron chi connectivity index (χ1n) is 6.42. The maximum absolute atomic E-state index is 12.7. The molecule has 0 aliphatic rings. The van der Waals surface area contributed by atoms with Gasteiger partial charge in [0, 0.05) is 30.0 Å². The molecule has 1 rings (SSSR count). The van der Waals surface area contributed by atoms with Gasteiger partial charge in [-0.2, -0.15) is 0 Å². The Morgan fingerprint density at radius 2 is 1.86 bits per heavy atom. The van der Waals surface area contributed by atoms with Gasteiger partial charge in [0.05, 0.1) is 9.82 Å². The van der Waals surface area contributed by atoms with E-state index in [9.17, 15) is 18.5 Å². The number of alkyl halides is 1. The Kier molecular flexibility index (Phi) is 5.89. The van der Waals surface area contributed by atoms with Crippen LogP contribution in [-0.2, 0) is 10.0 Å². The van der Waals surface area contributed by atoms with E-state index in [1.165, 1.54) is 18.3 Å². The average Bonchev–Trinajstić information content (AvgIpc) is 2.33. The summed E-state index contributed by atoms with van der Waals surface area (Å²) in [6.45, 7) is 5.12. The van der Waals surface area contributed by atoms with Crippen LogP contribution in [0.3, 0.4) is 0 Å². The van der Waals surface area contributed by atoms with Gasteiger partial charge in [-0.25, -0.2) is 12.7 Å². The predicted octanol–water partition coefficient (Wildman–Crippen LogP) is 2.93. The molecule has 0 saturated heterocycles. The van der Waals surface area contributed by atoms with E-state index in [1.807, 2.05) is 0 Å². The SMILES string of the molecule is Cc1cc(C)c(S(=O)(=O)N(C)CCCBr)c(C)c1[N+](=O)[O-]. The number of sulfonamides is 1. The summed E-state index contributed by atoms with van der Waals surface area (Å²) >= 11 is 3.26. The molecular weight excluding hydrogens is 360 g/mol. The Balaban J connectivity index is 3.49. The number of nitro benzene ring substituents is 1. The molecule has 8 heteroatoms. The fraction of sp³-hybridized carbons (Fsp3) is 0.538. The Hall–Kier alpha value is -0.990. The standard InChI is InChI=1S/C13H19BrN2O4S/c1-9-8-10(2)13(11(3)12(9)16(17)18)21(19,20)15(4)7-5-6-14/h8H,5-7H2,1-4H3. The van der Waals surface area contributed by atoms with Crippen LogP contribution >= 0.6 is 15.9 Å². The lowest BCUT2D eigenvalue weighted by Gasteiger charge is -2.20. The number of nitrogens with zero attached hydrogens (tertiary/aromatic N) is 2. The minimum atomic E-state index is -3.74. The number of halogens is 1. The summed E-state index contributed by atoms with van der Waals surface area (Å²) in [7, 11) is -2.25. The number of aryl methyl sites for hydroxylation is 2. The molecule has 6 nitrogen and oxygen atoms in total. The molecule has 21 heavy (non-hydrogen) atoms. The van der Waals surface area contributed by atoms with Crippen LogP contribution in [0.2, 0.25) is 0 Å². The second kappa shape index (κ2) is 6.85. The van der Waals surface area contributed by atoms with Crippen molar-refractivity contribution in [1.29, 1.82) is 0 Å². The molecule has 0 saturated carbocycles. The molecule has 0 aliphatic carbocycles. The average molecular weight is 379 g/mol. The highest BCUT2D eigenvalue weighted by atomic mass is 79.9. The molecule has 0 atom stereocenters. The van der Waals surface area contributed by atoms with Crippen LogP contribution in [0, 0.1) is 30.9 Å². The number of nitro groups is 1. The van der Waals surface area contributed by atoms with E-state index in [-0.39, 0.29) is 16.1 Å². The van der Waals surface area contributed by atoms with Crippen LogP contribution in [0.15, 0.2) is 11.0 Å². The molecule has 0 spiro atoms. The highest BCUT2D eigenvalue weighted by Gasteiger charge is 2.30. The smallest absolute Gasteiger partial charge is 0.258 e. The summed E-state index contributed by atoms with van der Waals surface area (Å²) in [6, 6.07) is 1.55. The van der Waals surface area contributed by atoms with E-state index in [2.05, 4.69) is 15.9 Å². The van der Waals surface area contributed by atoms with Crippen molar-refractivity contribution in [2.24, 2.45) is 0 Å². The van der Waals surface area contributed by atoms with E-state index in [4.69, 9.17) is 0 Å². The van der Waals surface area contributed by atoms with Gasteiger partial charge in [0.25, 0.3) is 5.69 Å². The molecule has 0 fully saturated rings. The normalized spacial score (nSPS) is 11.9. The summed E-state index contributed by atoms with van der Waals surface area (Å²) in [5.74, 6) is 0. The maximum atomic E-state index is 12.7. The van der Waals surface area contributed by atoms with E-state index < -0.39 is 14.9 Å². The molecule has 1 aromatic carbocycles. The van der Waals surface area contributed by atoms with Crippen molar-refractivity contribution in [3.63, 3.8) is 0 Å². The van der Waals surface area contributed by atoms with Crippen molar-refractivity contribution >= 4 is 31.6 Å². The lowest BCUT2D eigenvalue weighted by molar-refractivity contribution is -0.386. The topological polar surface area (TPSA) is 80.5 Å². The van der Waals surface area contributed by atoms with Crippen LogP contribution in [0.25, 0.3) is 0 Å². The first-order valence-corrected chi connectivity index (χ1v) is 8.98. The summed E-state index contributed by atoms with van der Waals surface area (Å²) in [5.41, 5.74) is 1.06. The second-order valence-corrected chi connectivity index (χ2v) is 7.71. The molecule has 0 aromatic heterocycles. The molecule has 0 aliphatic heterocycles. The van der Waals surface area contributed by atoms with Gasteiger partial charge in [-0.3, -0.25) is 10.1 Å². The number of hydrogen-bond acceptors (Lipinski definition) is 4. The summed E-state index contributed by atoms with van der Waals surface area (Å²) in [4.78, 5) is 10.7. The Morgan fingerprint density at radius 1 is 1.29 bits per heavy atom. The zero-order valence-corrected chi connectivity index (χ0v) is 14.9. The largest absolute Gasteiger partial charge is 0.276 e. The van der Waals surface area contributed by atoms with Gasteiger partial charge in [-0.1, -0.05) is 15.9 Å². The van der Waals surface area contributed by atoms with Crippen LogP contribution in [0.1, 0.15) is 23.1 Å². The first kappa shape index (κ1) is 18.1. The van der Waals surface area contributed by atoms with Gasteiger partial charge in [0.1, 0.15) is 0 Å². The molecule has 0 N–H and O–H groups in total. The van der Waals surface area contributed by atoms with Crippen molar-refractivity contribution in [2.75, 3.05) is 18.9 Å². The number of rotatable bonds is 6. The van der Waals surface area contributed by atoms with Crippen molar-refractivity contribution in [3.05, 3.63) is 32.9 Å². The van der Waals surface area contributed by atoms with Gasteiger partial charge < -0.3 is 0 Å². The predicted molar refractivity (Wildman–Crippen MR) is 85.5 cm³/mol. The van der Waals surface area contributed by atoms with Gasteiger partial charge in [-0.05, 0) is 38.8 Å². The second-order valence-electron chi connectivity index (χ2n) is 4.94. The van der Waals surface area contributed by atoms with Crippen molar-refractivity contribution in [1.82, 2.24) is 4.31 Å². The fourth-order valence-electron chi connectivity index (χ4n) is 2.39. The van der Waals surface area contributed by atoms with Gasteiger partial charge >= 0.3 is 0 Å². The van der Waals surface area contributed by atoms with Crippen LogP contribution < -0.4 is 0 Å². The molecule has 0 amide bonds. The zero-order valence-electron chi connectivity index (χ0n) is 12.5. The maximum Gasteiger partial charge on any atom is 0.276 e. The van der Waals surface area contributed by atoms with Crippen LogP contribution in [0.4, 0.5) is 5.69 Å². The van der Waals surface area contributed by atoms with E-state index in [0.29, 0.717) is 29.4 Å². The van der Waals surface area contributed by atoms with Crippen molar-refractivity contribution in [3.8, 4) is 0 Å². The molecule has 0 heterocycles. The van der Waals surface area contributed by atoms with Crippen LogP contribution in [-0.4, -0.2) is 36.6 Å². The van der Waals surface area contributed by atoms with Crippen molar-refractivity contribution in [2.45, 2.75) is 32.1 Å². The highest BCUT2D eigenvalue weighted by molar-refractivity contribution is 9.09. The van der Waals surface area contributed by atoms with E-state index >= 15 is 0 Å². The van der Waals surface area contributed by atoms with Gasteiger partial charge in [0.15, 0.2) is 0 Å². The number of hydrogen-bond donors (Lipinski definition) is 0. The summed E-state index contributed by atoms with van der Waals surface area (Å²) in [6.07, 6.45) is 0.668. The third-order valence-electron chi connectivity index (χ3n) is 3.32. The fourth-order valence-corrected chi connectivity index (χ4v) is 4.28. The van der Waals surface area contributed by atoms with E-state index in [1.54, 1.807) is 19.9 Å².